The van der Waals surface area contributed by atoms with Gasteiger partial charge in [0.2, 0.25) is 5.78 Å². The number of para-hydroxylation sites is 2. The van der Waals surface area contributed by atoms with Gasteiger partial charge in [0.25, 0.3) is 0 Å². The fourth-order valence-electron chi connectivity index (χ4n) is 2.37. The molecule has 1 aliphatic heterocycles. The third-order valence-electron chi connectivity index (χ3n) is 3.62. The minimum atomic E-state index is 0.0701. The molecule has 5 nitrogen and oxygen atoms in total. The van der Waals surface area contributed by atoms with E-state index < -0.39 is 0 Å². The zero-order chi connectivity index (χ0) is 13.2. The van der Waals surface area contributed by atoms with Crippen LogP contribution in [0.25, 0.3) is 11.0 Å². The first kappa shape index (κ1) is 12.3. The fraction of sp³-hybridized carbons (Fsp3) is 0.429. The number of fused-ring (bicyclic) bond motifs is 1. The van der Waals surface area contributed by atoms with E-state index in [0.717, 1.165) is 37.2 Å². The number of rotatable bonds is 3. The number of carbonyl (C=O) groups excluding carboxylic acids is 1. The second kappa shape index (κ2) is 5.11. The van der Waals surface area contributed by atoms with Crippen LogP contribution in [0, 0.1) is 0 Å². The van der Waals surface area contributed by atoms with Crippen molar-refractivity contribution in [1.82, 2.24) is 19.8 Å². The average Bonchev–Trinajstić information content (AvgIpc) is 2.85. The summed E-state index contributed by atoms with van der Waals surface area (Å²) in [6, 6.07) is 7.72. The van der Waals surface area contributed by atoms with Crippen LogP contribution in [0.5, 0.6) is 0 Å². The van der Waals surface area contributed by atoms with Gasteiger partial charge < -0.3 is 9.88 Å². The van der Waals surface area contributed by atoms with Gasteiger partial charge in [-0.15, -0.1) is 0 Å². The van der Waals surface area contributed by atoms with Crippen LogP contribution in [0.2, 0.25) is 0 Å². The average molecular weight is 258 g/mol. The van der Waals surface area contributed by atoms with Crippen LogP contribution in [-0.4, -0.2) is 65.3 Å². The third-order valence-corrected chi connectivity index (χ3v) is 3.62. The van der Waals surface area contributed by atoms with Gasteiger partial charge in [0, 0.05) is 26.2 Å². The van der Waals surface area contributed by atoms with E-state index in [1.165, 1.54) is 0 Å². The second-order valence-corrected chi connectivity index (χ2v) is 5.11. The number of Topliss-reactive ketones (excluding diaryl/α,β-unsaturated/α-hetero) is 1. The highest BCUT2D eigenvalue weighted by atomic mass is 16.1. The Kier molecular flexibility index (Phi) is 3.31. The number of nitrogens with zero attached hydrogens (tertiary/aromatic N) is 3. The Labute approximate surface area is 112 Å². The first-order valence-corrected chi connectivity index (χ1v) is 6.61. The van der Waals surface area contributed by atoms with Gasteiger partial charge in [-0.1, -0.05) is 12.1 Å². The van der Waals surface area contributed by atoms with E-state index in [0.29, 0.717) is 12.4 Å². The van der Waals surface area contributed by atoms with Gasteiger partial charge in [-0.25, -0.2) is 4.98 Å². The molecule has 1 N–H and O–H groups in total. The number of likely N-dealkylation sites (N-methyl/N-ethyl adjacent to an activating group) is 1. The Morgan fingerprint density at radius 2 is 2.00 bits per heavy atom. The van der Waals surface area contributed by atoms with Crippen molar-refractivity contribution in [3.8, 4) is 0 Å². The predicted octanol–water partition coefficient (Wildman–Crippen LogP) is 0.993. The van der Waals surface area contributed by atoms with Gasteiger partial charge in [-0.2, -0.15) is 0 Å². The van der Waals surface area contributed by atoms with Crippen molar-refractivity contribution in [2.24, 2.45) is 0 Å². The molecule has 0 unspecified atom stereocenters. The highest BCUT2D eigenvalue weighted by molar-refractivity contribution is 5.97. The molecule has 2 heterocycles. The van der Waals surface area contributed by atoms with Crippen LogP contribution in [0.4, 0.5) is 0 Å². The fourth-order valence-corrected chi connectivity index (χ4v) is 2.37. The molecular weight excluding hydrogens is 240 g/mol. The molecule has 0 radical (unpaired) electrons. The van der Waals surface area contributed by atoms with Gasteiger partial charge in [0.1, 0.15) is 0 Å². The maximum atomic E-state index is 12.2. The lowest BCUT2D eigenvalue weighted by Gasteiger charge is -2.31. The molecule has 0 atom stereocenters. The normalized spacial score (nSPS) is 17.9. The van der Waals surface area contributed by atoms with E-state index in [1.807, 2.05) is 24.3 Å². The SMILES string of the molecule is CN1CCN(CC(=O)c2nc3ccccc3[nH]2)CC1. The largest absolute Gasteiger partial charge is 0.335 e. The van der Waals surface area contributed by atoms with E-state index in [9.17, 15) is 4.79 Å². The summed E-state index contributed by atoms with van der Waals surface area (Å²) >= 11 is 0. The zero-order valence-corrected chi connectivity index (χ0v) is 11.1. The lowest BCUT2D eigenvalue weighted by molar-refractivity contribution is 0.0867. The number of H-pyrrole nitrogens is 1. The number of aromatic amines is 1. The molecule has 0 spiro atoms. The van der Waals surface area contributed by atoms with Crippen molar-refractivity contribution in [1.29, 1.82) is 0 Å². The highest BCUT2D eigenvalue weighted by Crippen LogP contribution is 2.11. The first-order valence-electron chi connectivity index (χ1n) is 6.61. The summed E-state index contributed by atoms with van der Waals surface area (Å²) in [5.41, 5.74) is 1.77. The van der Waals surface area contributed by atoms with Crippen LogP contribution in [-0.2, 0) is 0 Å². The summed E-state index contributed by atoms with van der Waals surface area (Å²) in [5.74, 6) is 0.542. The third kappa shape index (κ3) is 2.67. The van der Waals surface area contributed by atoms with Crippen LogP contribution in [0.3, 0.4) is 0 Å². The van der Waals surface area contributed by atoms with Gasteiger partial charge in [-0.3, -0.25) is 9.69 Å². The van der Waals surface area contributed by atoms with Crippen molar-refractivity contribution in [2.75, 3.05) is 39.8 Å². The summed E-state index contributed by atoms with van der Waals surface area (Å²) < 4.78 is 0. The Morgan fingerprint density at radius 1 is 1.26 bits per heavy atom. The number of ketones is 1. The summed E-state index contributed by atoms with van der Waals surface area (Å²) in [6.45, 7) is 4.39. The monoisotopic (exact) mass is 258 g/mol. The van der Waals surface area contributed by atoms with Gasteiger partial charge in [0.15, 0.2) is 5.82 Å². The van der Waals surface area contributed by atoms with Gasteiger partial charge in [-0.05, 0) is 19.2 Å². The van der Waals surface area contributed by atoms with Crippen LogP contribution in [0.15, 0.2) is 24.3 Å². The zero-order valence-electron chi connectivity index (χ0n) is 11.1. The number of hydrogen-bond donors (Lipinski definition) is 1. The molecule has 0 saturated carbocycles. The maximum absolute atomic E-state index is 12.2. The van der Waals surface area contributed by atoms with Gasteiger partial charge in [0.05, 0.1) is 17.6 Å². The Bertz CT molecular complexity index is 551. The summed E-state index contributed by atoms with van der Waals surface area (Å²) in [6.07, 6.45) is 0. The minimum Gasteiger partial charge on any atom is -0.335 e. The molecule has 2 aromatic rings. The van der Waals surface area contributed by atoms with E-state index >= 15 is 0 Å². The lowest BCUT2D eigenvalue weighted by Crippen LogP contribution is -2.46. The number of nitrogens with one attached hydrogen (secondary N) is 1. The summed E-state index contributed by atoms with van der Waals surface area (Å²) in [5, 5.41) is 0. The van der Waals surface area contributed by atoms with Crippen molar-refractivity contribution in [3.63, 3.8) is 0 Å². The van der Waals surface area contributed by atoms with E-state index in [2.05, 4.69) is 26.8 Å². The molecule has 1 fully saturated rings. The van der Waals surface area contributed by atoms with E-state index in [1.54, 1.807) is 0 Å². The lowest BCUT2D eigenvalue weighted by atomic mass is 10.3. The predicted molar refractivity (Wildman–Crippen MR) is 74.4 cm³/mol. The molecule has 0 bridgehead atoms. The molecule has 1 aromatic carbocycles. The van der Waals surface area contributed by atoms with Crippen molar-refractivity contribution < 1.29 is 4.79 Å². The number of hydrogen-bond acceptors (Lipinski definition) is 4. The summed E-state index contributed by atoms with van der Waals surface area (Å²) in [7, 11) is 2.11. The molecular formula is C14H18N4O. The second-order valence-electron chi connectivity index (χ2n) is 5.11. The minimum absolute atomic E-state index is 0.0701. The molecule has 19 heavy (non-hydrogen) atoms. The number of benzene rings is 1. The Morgan fingerprint density at radius 3 is 2.74 bits per heavy atom. The van der Waals surface area contributed by atoms with Crippen molar-refractivity contribution in [2.45, 2.75) is 0 Å². The van der Waals surface area contributed by atoms with E-state index in [-0.39, 0.29) is 5.78 Å². The highest BCUT2D eigenvalue weighted by Gasteiger charge is 2.19. The molecule has 0 aliphatic carbocycles. The molecule has 0 amide bonds. The summed E-state index contributed by atoms with van der Waals surface area (Å²) in [4.78, 5) is 24.1. The molecule has 5 heteroatoms. The standard InChI is InChI=1S/C14H18N4O/c1-17-6-8-18(9-7-17)10-13(19)14-15-11-4-2-3-5-12(11)16-14/h2-5H,6-10H2,1H3,(H,15,16). The number of piperazine rings is 1. The van der Waals surface area contributed by atoms with Crippen LogP contribution >= 0.6 is 0 Å². The molecule has 1 saturated heterocycles. The van der Waals surface area contributed by atoms with Crippen molar-refractivity contribution >= 4 is 16.8 Å². The topological polar surface area (TPSA) is 52.2 Å². The molecule has 1 aliphatic rings. The number of carbonyl (C=O) groups is 1. The number of aromatic nitrogens is 2. The number of imidazole rings is 1. The molecule has 1 aromatic heterocycles. The Balaban J connectivity index is 1.70. The smallest absolute Gasteiger partial charge is 0.211 e. The van der Waals surface area contributed by atoms with Crippen LogP contribution < -0.4 is 0 Å². The van der Waals surface area contributed by atoms with Crippen molar-refractivity contribution in [3.05, 3.63) is 30.1 Å². The van der Waals surface area contributed by atoms with Gasteiger partial charge >= 0.3 is 0 Å². The first-order chi connectivity index (χ1) is 9.22. The molecule has 100 valence electrons. The van der Waals surface area contributed by atoms with Crippen LogP contribution in [0.1, 0.15) is 10.6 Å². The quantitative estimate of drug-likeness (QED) is 0.834. The molecule has 3 rings (SSSR count). The van der Waals surface area contributed by atoms with E-state index in [4.69, 9.17) is 0 Å². The Hall–Kier alpha value is -1.72. The maximum Gasteiger partial charge on any atom is 0.211 e.